The van der Waals surface area contributed by atoms with E-state index in [9.17, 15) is 9.59 Å². The van der Waals surface area contributed by atoms with E-state index in [0.29, 0.717) is 37.8 Å². The maximum absolute atomic E-state index is 12.2. The number of thioether (sulfide) groups is 1. The Balaban J connectivity index is 1.49. The Morgan fingerprint density at radius 3 is 2.83 bits per heavy atom. The molecule has 0 aromatic carbocycles. The van der Waals surface area contributed by atoms with Crippen molar-refractivity contribution in [3.63, 3.8) is 0 Å². The number of nitrogens with zero attached hydrogens (tertiary/aromatic N) is 5. The van der Waals surface area contributed by atoms with Crippen LogP contribution in [0.25, 0.3) is 11.4 Å². The van der Waals surface area contributed by atoms with Gasteiger partial charge in [-0.1, -0.05) is 11.8 Å². The van der Waals surface area contributed by atoms with Gasteiger partial charge in [-0.15, -0.1) is 10.2 Å². The van der Waals surface area contributed by atoms with Crippen LogP contribution >= 0.6 is 11.8 Å². The Kier molecular flexibility index (Phi) is 8.00. The SMILES string of the molecule is COCCn1c(SCC(=O)NCCCN2CCCC2=O)nnc1-c1ccncc1. The average Bonchev–Trinajstić information content (AvgIpc) is 3.34. The number of likely N-dealkylation sites (tertiary alicyclic amines) is 1. The van der Waals surface area contributed by atoms with Crippen LogP contribution in [0, 0.1) is 0 Å². The molecule has 2 aromatic rings. The van der Waals surface area contributed by atoms with Crippen molar-refractivity contribution < 1.29 is 14.3 Å². The normalized spacial score (nSPS) is 13.8. The van der Waals surface area contributed by atoms with Crippen molar-refractivity contribution in [1.29, 1.82) is 0 Å². The van der Waals surface area contributed by atoms with Crippen LogP contribution in [-0.2, 0) is 20.9 Å². The number of methoxy groups -OCH3 is 1. The lowest BCUT2D eigenvalue weighted by Crippen LogP contribution is -2.31. The molecule has 3 rings (SSSR count). The van der Waals surface area contributed by atoms with Gasteiger partial charge in [0.15, 0.2) is 11.0 Å². The van der Waals surface area contributed by atoms with Crippen molar-refractivity contribution in [1.82, 2.24) is 30.0 Å². The second-order valence-corrected chi connectivity index (χ2v) is 7.61. The Morgan fingerprint density at radius 2 is 2.10 bits per heavy atom. The average molecular weight is 419 g/mol. The molecule has 1 N–H and O–H groups in total. The molecule has 10 heteroatoms. The second-order valence-electron chi connectivity index (χ2n) is 6.66. The van der Waals surface area contributed by atoms with Crippen molar-refractivity contribution in [3.05, 3.63) is 24.5 Å². The van der Waals surface area contributed by atoms with Crippen LogP contribution in [0.3, 0.4) is 0 Å². The summed E-state index contributed by atoms with van der Waals surface area (Å²) in [7, 11) is 1.65. The van der Waals surface area contributed by atoms with E-state index in [1.54, 1.807) is 19.5 Å². The molecule has 1 fully saturated rings. The van der Waals surface area contributed by atoms with E-state index in [0.717, 1.165) is 30.8 Å². The molecule has 1 aliphatic heterocycles. The zero-order valence-corrected chi connectivity index (χ0v) is 17.4. The summed E-state index contributed by atoms with van der Waals surface area (Å²) in [6.45, 7) is 3.20. The van der Waals surface area contributed by atoms with Gasteiger partial charge in [0.25, 0.3) is 0 Å². The predicted molar refractivity (Wildman–Crippen MR) is 109 cm³/mol. The highest BCUT2D eigenvalue weighted by atomic mass is 32.2. The van der Waals surface area contributed by atoms with Gasteiger partial charge in [0.2, 0.25) is 11.8 Å². The zero-order valence-electron chi connectivity index (χ0n) is 16.5. The monoisotopic (exact) mass is 418 g/mol. The van der Waals surface area contributed by atoms with Gasteiger partial charge < -0.3 is 15.0 Å². The van der Waals surface area contributed by atoms with E-state index in [1.165, 1.54) is 11.8 Å². The van der Waals surface area contributed by atoms with Crippen molar-refractivity contribution in [2.75, 3.05) is 39.1 Å². The molecule has 1 aliphatic rings. The summed E-state index contributed by atoms with van der Waals surface area (Å²) in [6.07, 6.45) is 5.76. The molecule has 9 nitrogen and oxygen atoms in total. The fourth-order valence-electron chi connectivity index (χ4n) is 3.11. The lowest BCUT2D eigenvalue weighted by Gasteiger charge is -2.15. The highest BCUT2D eigenvalue weighted by Crippen LogP contribution is 2.23. The van der Waals surface area contributed by atoms with E-state index in [-0.39, 0.29) is 17.6 Å². The van der Waals surface area contributed by atoms with Gasteiger partial charge >= 0.3 is 0 Å². The summed E-state index contributed by atoms with van der Waals surface area (Å²) in [6, 6.07) is 3.75. The third-order valence-corrected chi connectivity index (χ3v) is 5.57. The minimum absolute atomic E-state index is 0.0606. The van der Waals surface area contributed by atoms with E-state index >= 15 is 0 Å². The summed E-state index contributed by atoms with van der Waals surface area (Å²) in [4.78, 5) is 29.6. The molecular formula is C19H26N6O3S. The number of aromatic nitrogens is 4. The molecule has 0 atom stereocenters. The number of amides is 2. The van der Waals surface area contributed by atoms with Gasteiger partial charge in [-0.25, -0.2) is 0 Å². The highest BCUT2D eigenvalue weighted by Gasteiger charge is 2.19. The number of carbonyl (C=O) groups is 2. The van der Waals surface area contributed by atoms with E-state index in [1.807, 2.05) is 21.6 Å². The molecule has 1 saturated heterocycles. The molecule has 0 bridgehead atoms. The summed E-state index contributed by atoms with van der Waals surface area (Å²) in [5.74, 6) is 1.13. The minimum Gasteiger partial charge on any atom is -0.383 e. The number of ether oxygens (including phenoxy) is 1. The van der Waals surface area contributed by atoms with Gasteiger partial charge in [-0.05, 0) is 25.0 Å². The standard InChI is InChI=1S/C19H26N6O3S/c1-28-13-12-25-18(15-5-8-20-9-6-15)22-23-19(25)29-14-16(26)21-7-3-11-24-10-2-4-17(24)27/h5-6,8-9H,2-4,7,10-14H2,1H3,(H,21,26). The van der Waals surface area contributed by atoms with Gasteiger partial charge in [0, 0.05) is 51.1 Å². The first kappa shape index (κ1) is 21.3. The largest absolute Gasteiger partial charge is 0.383 e. The van der Waals surface area contributed by atoms with Crippen LogP contribution in [0.15, 0.2) is 29.7 Å². The predicted octanol–water partition coefficient (Wildman–Crippen LogP) is 1.21. The van der Waals surface area contributed by atoms with Crippen LogP contribution in [0.1, 0.15) is 19.3 Å². The number of nitrogens with one attached hydrogen (secondary N) is 1. The van der Waals surface area contributed by atoms with E-state index in [2.05, 4.69) is 20.5 Å². The molecule has 0 unspecified atom stereocenters. The first-order chi connectivity index (χ1) is 14.2. The molecule has 0 aliphatic carbocycles. The maximum Gasteiger partial charge on any atom is 0.230 e. The van der Waals surface area contributed by atoms with E-state index < -0.39 is 0 Å². The molecular weight excluding hydrogens is 392 g/mol. The number of hydrogen-bond donors (Lipinski definition) is 1. The highest BCUT2D eigenvalue weighted by molar-refractivity contribution is 7.99. The molecule has 156 valence electrons. The minimum atomic E-state index is -0.0606. The Bertz CT molecular complexity index is 814. The van der Waals surface area contributed by atoms with Crippen LogP contribution in [0.5, 0.6) is 0 Å². The first-order valence-electron chi connectivity index (χ1n) is 9.69. The van der Waals surface area contributed by atoms with Crippen LogP contribution in [0.2, 0.25) is 0 Å². The van der Waals surface area contributed by atoms with Gasteiger partial charge in [-0.3, -0.25) is 19.1 Å². The molecule has 29 heavy (non-hydrogen) atoms. The molecule has 0 radical (unpaired) electrons. The van der Waals surface area contributed by atoms with Crippen molar-refractivity contribution in [3.8, 4) is 11.4 Å². The zero-order chi connectivity index (χ0) is 20.5. The van der Waals surface area contributed by atoms with Gasteiger partial charge in [-0.2, -0.15) is 0 Å². The fraction of sp³-hybridized carbons (Fsp3) is 0.526. The van der Waals surface area contributed by atoms with Crippen LogP contribution < -0.4 is 5.32 Å². The molecule has 2 aromatic heterocycles. The maximum atomic E-state index is 12.2. The Morgan fingerprint density at radius 1 is 1.28 bits per heavy atom. The number of carbonyl (C=O) groups excluding carboxylic acids is 2. The number of pyridine rings is 1. The molecule has 2 amide bonds. The third kappa shape index (κ3) is 6.01. The van der Waals surface area contributed by atoms with Crippen molar-refractivity contribution in [2.24, 2.45) is 0 Å². The van der Waals surface area contributed by atoms with Gasteiger partial charge in [0.1, 0.15) is 0 Å². The lowest BCUT2D eigenvalue weighted by molar-refractivity contribution is -0.127. The Labute approximate surface area is 174 Å². The fourth-order valence-corrected chi connectivity index (χ4v) is 3.91. The summed E-state index contributed by atoms with van der Waals surface area (Å²) < 4.78 is 7.15. The van der Waals surface area contributed by atoms with Crippen LogP contribution in [0.4, 0.5) is 0 Å². The third-order valence-electron chi connectivity index (χ3n) is 4.61. The summed E-state index contributed by atoms with van der Waals surface area (Å²) in [5.41, 5.74) is 0.913. The summed E-state index contributed by atoms with van der Waals surface area (Å²) in [5, 5.41) is 12.1. The second kappa shape index (κ2) is 10.9. The Hall–Kier alpha value is -2.46. The number of rotatable bonds is 11. The first-order valence-corrected chi connectivity index (χ1v) is 10.7. The number of hydrogen-bond acceptors (Lipinski definition) is 7. The molecule has 0 spiro atoms. The molecule has 0 saturated carbocycles. The van der Waals surface area contributed by atoms with Crippen molar-refractivity contribution in [2.45, 2.75) is 31.0 Å². The lowest BCUT2D eigenvalue weighted by atomic mass is 10.2. The summed E-state index contributed by atoms with van der Waals surface area (Å²) >= 11 is 1.35. The quantitative estimate of drug-likeness (QED) is 0.432. The van der Waals surface area contributed by atoms with Crippen molar-refractivity contribution >= 4 is 23.6 Å². The topological polar surface area (TPSA) is 102 Å². The molecule has 3 heterocycles. The van der Waals surface area contributed by atoms with Crippen LogP contribution in [-0.4, -0.2) is 75.6 Å². The van der Waals surface area contributed by atoms with Gasteiger partial charge in [0.05, 0.1) is 18.9 Å². The smallest absolute Gasteiger partial charge is 0.230 e. The van der Waals surface area contributed by atoms with E-state index in [4.69, 9.17) is 4.74 Å².